The van der Waals surface area contributed by atoms with Crippen LogP contribution in [0.25, 0.3) is 21.0 Å². The molecule has 0 saturated carbocycles. The van der Waals surface area contributed by atoms with Gasteiger partial charge in [0.2, 0.25) is 5.13 Å². The van der Waals surface area contributed by atoms with Crippen LogP contribution in [0.4, 0.5) is 5.13 Å². The standard InChI is InChI=1S/C25H19N3OS/c1-3-12-21-18(8-1)10-7-11-20(21)17-29-23-14-5-2-9-19(23)16-26-28-25-27-22-13-4-6-15-24(22)30-25/h1-16H,17H2,(H,27,28)/b26-16-. The lowest BCUT2D eigenvalue weighted by Gasteiger charge is -2.11. The summed E-state index contributed by atoms with van der Waals surface area (Å²) in [6, 6.07) is 30.6. The lowest BCUT2D eigenvalue weighted by molar-refractivity contribution is 0.307. The van der Waals surface area contributed by atoms with Crippen LogP contribution < -0.4 is 10.2 Å². The Bertz CT molecular complexity index is 1300. The molecule has 0 radical (unpaired) electrons. The fourth-order valence-corrected chi connectivity index (χ4v) is 4.19. The normalized spacial score (nSPS) is 11.3. The van der Waals surface area contributed by atoms with Gasteiger partial charge in [-0.3, -0.25) is 5.43 Å². The summed E-state index contributed by atoms with van der Waals surface area (Å²) >= 11 is 1.58. The highest BCUT2D eigenvalue weighted by Gasteiger charge is 2.05. The first-order valence-electron chi connectivity index (χ1n) is 9.70. The Kier molecular flexibility index (Phi) is 5.10. The summed E-state index contributed by atoms with van der Waals surface area (Å²) in [5.74, 6) is 0.792. The highest BCUT2D eigenvalue weighted by molar-refractivity contribution is 7.22. The van der Waals surface area contributed by atoms with Crippen LogP contribution in [0, 0.1) is 0 Å². The van der Waals surface area contributed by atoms with E-state index in [0.29, 0.717) is 6.61 Å². The highest BCUT2D eigenvalue weighted by atomic mass is 32.1. The zero-order valence-electron chi connectivity index (χ0n) is 16.2. The van der Waals surface area contributed by atoms with Crippen molar-refractivity contribution < 1.29 is 4.74 Å². The van der Waals surface area contributed by atoms with E-state index < -0.39 is 0 Å². The van der Waals surface area contributed by atoms with Crippen molar-refractivity contribution in [2.75, 3.05) is 5.43 Å². The van der Waals surface area contributed by atoms with Crippen LogP contribution in [0.5, 0.6) is 5.75 Å². The number of hydrogen-bond acceptors (Lipinski definition) is 5. The topological polar surface area (TPSA) is 46.5 Å². The minimum atomic E-state index is 0.498. The number of nitrogens with zero attached hydrogens (tertiary/aromatic N) is 2. The molecule has 5 aromatic rings. The molecule has 146 valence electrons. The van der Waals surface area contributed by atoms with Crippen molar-refractivity contribution in [2.45, 2.75) is 6.61 Å². The Morgan fingerprint density at radius 1 is 0.867 bits per heavy atom. The second kappa shape index (κ2) is 8.35. The lowest BCUT2D eigenvalue weighted by Crippen LogP contribution is -1.99. The van der Waals surface area contributed by atoms with Crippen LogP contribution in [0.1, 0.15) is 11.1 Å². The van der Waals surface area contributed by atoms with E-state index in [1.54, 1.807) is 17.6 Å². The number of benzene rings is 4. The second-order valence-electron chi connectivity index (χ2n) is 6.82. The minimum Gasteiger partial charge on any atom is -0.488 e. The van der Waals surface area contributed by atoms with Gasteiger partial charge in [0.1, 0.15) is 12.4 Å². The molecule has 1 heterocycles. The molecule has 0 aliphatic rings. The first-order chi connectivity index (χ1) is 14.9. The SMILES string of the molecule is C(=N/Nc1nc2ccccc2s1)/c1ccccc1OCc1cccc2ccccc12. The predicted octanol–water partition coefficient (Wildman–Crippen LogP) is 6.47. The van der Waals surface area contributed by atoms with Crippen LogP contribution in [0.2, 0.25) is 0 Å². The summed E-state index contributed by atoms with van der Waals surface area (Å²) in [6.45, 7) is 0.498. The minimum absolute atomic E-state index is 0.498. The van der Waals surface area contributed by atoms with E-state index in [4.69, 9.17) is 4.74 Å². The average molecular weight is 410 g/mol. The summed E-state index contributed by atoms with van der Waals surface area (Å²) in [7, 11) is 0. The van der Waals surface area contributed by atoms with E-state index in [1.807, 2.05) is 42.5 Å². The molecule has 5 heteroatoms. The first kappa shape index (κ1) is 18.3. The Hall–Kier alpha value is -3.70. The fraction of sp³-hybridized carbons (Fsp3) is 0.0400. The Labute approximate surface area is 178 Å². The molecule has 0 amide bonds. The third-order valence-corrected chi connectivity index (χ3v) is 5.78. The Morgan fingerprint density at radius 3 is 2.63 bits per heavy atom. The van der Waals surface area contributed by atoms with Crippen molar-refractivity contribution >= 4 is 43.7 Å². The molecule has 0 fully saturated rings. The zero-order valence-corrected chi connectivity index (χ0v) is 17.0. The summed E-state index contributed by atoms with van der Waals surface area (Å²) in [4.78, 5) is 4.53. The van der Waals surface area contributed by atoms with Gasteiger partial charge in [-0.05, 0) is 40.6 Å². The molecule has 0 spiro atoms. The molecular formula is C25H19N3OS. The molecule has 4 nitrogen and oxygen atoms in total. The van der Waals surface area contributed by atoms with E-state index in [-0.39, 0.29) is 0 Å². The summed E-state index contributed by atoms with van der Waals surface area (Å²) in [6.07, 6.45) is 1.77. The largest absolute Gasteiger partial charge is 0.488 e. The monoisotopic (exact) mass is 409 g/mol. The van der Waals surface area contributed by atoms with Crippen LogP contribution in [-0.4, -0.2) is 11.2 Å². The fourth-order valence-electron chi connectivity index (χ4n) is 3.37. The zero-order chi connectivity index (χ0) is 20.2. The van der Waals surface area contributed by atoms with E-state index in [9.17, 15) is 0 Å². The molecular weight excluding hydrogens is 390 g/mol. The number of fused-ring (bicyclic) bond motifs is 2. The molecule has 5 rings (SSSR count). The highest BCUT2D eigenvalue weighted by Crippen LogP contribution is 2.26. The molecule has 0 aliphatic heterocycles. The lowest BCUT2D eigenvalue weighted by atomic mass is 10.1. The van der Waals surface area contributed by atoms with Gasteiger partial charge in [0, 0.05) is 5.56 Å². The molecule has 0 bridgehead atoms. The van der Waals surface area contributed by atoms with E-state index >= 15 is 0 Å². The summed E-state index contributed by atoms with van der Waals surface area (Å²) in [5.41, 5.74) is 6.07. The Morgan fingerprint density at radius 2 is 1.67 bits per heavy atom. The number of nitrogens with one attached hydrogen (secondary N) is 1. The van der Waals surface area contributed by atoms with Crippen molar-refractivity contribution in [3.8, 4) is 5.75 Å². The number of hydrazone groups is 1. The van der Waals surface area contributed by atoms with Crippen LogP contribution in [0.15, 0.2) is 96.1 Å². The van der Waals surface area contributed by atoms with Crippen molar-refractivity contribution in [2.24, 2.45) is 5.10 Å². The van der Waals surface area contributed by atoms with Gasteiger partial charge in [0.25, 0.3) is 0 Å². The molecule has 1 aromatic heterocycles. The maximum absolute atomic E-state index is 6.15. The number of anilines is 1. The molecule has 0 atom stereocenters. The quantitative estimate of drug-likeness (QED) is 0.258. The van der Waals surface area contributed by atoms with Crippen LogP contribution in [-0.2, 0) is 6.61 Å². The van der Waals surface area contributed by atoms with E-state index in [2.05, 4.69) is 64.0 Å². The second-order valence-corrected chi connectivity index (χ2v) is 7.85. The maximum Gasteiger partial charge on any atom is 0.204 e. The molecule has 0 unspecified atom stereocenters. The predicted molar refractivity (Wildman–Crippen MR) is 126 cm³/mol. The number of thiazole rings is 1. The van der Waals surface area contributed by atoms with Gasteiger partial charge < -0.3 is 4.74 Å². The van der Waals surface area contributed by atoms with E-state index in [0.717, 1.165) is 32.2 Å². The molecule has 30 heavy (non-hydrogen) atoms. The number of aromatic nitrogens is 1. The van der Waals surface area contributed by atoms with Gasteiger partial charge in [-0.15, -0.1) is 0 Å². The van der Waals surface area contributed by atoms with Crippen molar-refractivity contribution in [3.63, 3.8) is 0 Å². The van der Waals surface area contributed by atoms with Gasteiger partial charge in [0.05, 0.1) is 16.4 Å². The summed E-state index contributed by atoms with van der Waals surface area (Å²) in [5, 5.41) is 7.56. The van der Waals surface area contributed by atoms with E-state index in [1.165, 1.54) is 10.8 Å². The number of hydrogen-bond donors (Lipinski definition) is 1. The number of para-hydroxylation sites is 2. The molecule has 0 aliphatic carbocycles. The number of rotatable bonds is 6. The molecule has 0 saturated heterocycles. The smallest absolute Gasteiger partial charge is 0.204 e. The van der Waals surface area contributed by atoms with Crippen molar-refractivity contribution in [1.82, 2.24) is 4.98 Å². The molecule has 4 aromatic carbocycles. The van der Waals surface area contributed by atoms with Crippen LogP contribution in [0.3, 0.4) is 0 Å². The van der Waals surface area contributed by atoms with Gasteiger partial charge >= 0.3 is 0 Å². The summed E-state index contributed by atoms with van der Waals surface area (Å²) < 4.78 is 7.28. The van der Waals surface area contributed by atoms with Crippen molar-refractivity contribution in [1.29, 1.82) is 0 Å². The van der Waals surface area contributed by atoms with Crippen molar-refractivity contribution in [3.05, 3.63) is 102 Å². The number of ether oxygens (including phenoxy) is 1. The van der Waals surface area contributed by atoms with Gasteiger partial charge in [-0.2, -0.15) is 5.10 Å². The average Bonchev–Trinajstić information content (AvgIpc) is 3.21. The van der Waals surface area contributed by atoms with Gasteiger partial charge in [0.15, 0.2) is 0 Å². The first-order valence-corrected chi connectivity index (χ1v) is 10.5. The Balaban J connectivity index is 1.32. The van der Waals surface area contributed by atoms with Gasteiger partial charge in [-0.25, -0.2) is 4.98 Å². The molecule has 1 N–H and O–H groups in total. The maximum atomic E-state index is 6.15. The third-order valence-electron chi connectivity index (χ3n) is 4.84. The van der Waals surface area contributed by atoms with Gasteiger partial charge in [-0.1, -0.05) is 78.1 Å². The van der Waals surface area contributed by atoms with Crippen LogP contribution >= 0.6 is 11.3 Å². The third kappa shape index (κ3) is 3.88.